The molecule has 4 aliphatic carbocycles. The fourth-order valence-corrected chi connectivity index (χ4v) is 5.49. The highest BCUT2D eigenvalue weighted by Gasteiger charge is 2.53. The molecule has 1 unspecified atom stereocenters. The molecular formula is C16H22N2O2. The smallest absolute Gasteiger partial charge is 0.347 e. The summed E-state index contributed by atoms with van der Waals surface area (Å²) in [6.07, 6.45) is 10.4. The fourth-order valence-electron chi connectivity index (χ4n) is 5.49. The van der Waals surface area contributed by atoms with Crippen molar-refractivity contribution in [2.24, 2.45) is 23.2 Å². The summed E-state index contributed by atoms with van der Waals surface area (Å²) in [7, 11) is 0. The fraction of sp³-hybridized carbons (Fsp3) is 0.750. The molecule has 5 rings (SSSR count). The Kier molecular flexibility index (Phi) is 2.78. The average Bonchev–Trinajstić information content (AvgIpc) is 2.40. The van der Waals surface area contributed by atoms with Gasteiger partial charge >= 0.3 is 5.69 Å². The van der Waals surface area contributed by atoms with Gasteiger partial charge in [-0.25, -0.2) is 9.78 Å². The maximum Gasteiger partial charge on any atom is 0.347 e. The Balaban J connectivity index is 1.58. The first-order valence-corrected chi connectivity index (χ1v) is 7.84. The number of nitrogens with zero attached hydrogens (tertiary/aromatic N) is 2. The molecule has 1 heterocycles. The second-order valence-corrected chi connectivity index (χ2v) is 7.35. The van der Waals surface area contributed by atoms with Gasteiger partial charge in [-0.2, -0.15) is 0 Å². The van der Waals surface area contributed by atoms with Crippen molar-refractivity contribution in [3.05, 3.63) is 28.9 Å². The summed E-state index contributed by atoms with van der Waals surface area (Å²) in [5.74, 6) is 2.46. The standard InChI is InChI=1S/C16H22N2O2/c19-14(10-18-3-1-2-17-15(18)20)16-7-11-4-12(8-16)6-13(5-11)9-16/h1-3,11-14,19H,4-10H2. The molecule has 0 radical (unpaired) electrons. The molecule has 0 saturated heterocycles. The summed E-state index contributed by atoms with van der Waals surface area (Å²) >= 11 is 0. The lowest BCUT2D eigenvalue weighted by Crippen LogP contribution is -2.53. The number of aromatic nitrogens is 2. The van der Waals surface area contributed by atoms with E-state index in [1.54, 1.807) is 16.8 Å². The Labute approximate surface area is 118 Å². The summed E-state index contributed by atoms with van der Waals surface area (Å²) in [5, 5.41) is 10.8. The van der Waals surface area contributed by atoms with Gasteiger partial charge in [-0.05, 0) is 67.8 Å². The van der Waals surface area contributed by atoms with Gasteiger partial charge in [0.05, 0.1) is 12.6 Å². The van der Waals surface area contributed by atoms with Gasteiger partial charge in [0.1, 0.15) is 0 Å². The number of hydrogen-bond acceptors (Lipinski definition) is 3. The van der Waals surface area contributed by atoms with E-state index in [4.69, 9.17) is 0 Å². The minimum absolute atomic E-state index is 0.0734. The second kappa shape index (κ2) is 4.42. The molecule has 20 heavy (non-hydrogen) atoms. The van der Waals surface area contributed by atoms with Gasteiger partial charge < -0.3 is 5.11 Å². The van der Waals surface area contributed by atoms with Crippen molar-refractivity contribution in [1.82, 2.24) is 9.55 Å². The number of hydrogen-bond donors (Lipinski definition) is 1. The van der Waals surface area contributed by atoms with Crippen molar-refractivity contribution in [2.75, 3.05) is 0 Å². The van der Waals surface area contributed by atoms with Crippen LogP contribution in [-0.4, -0.2) is 20.8 Å². The Morgan fingerprint density at radius 1 is 1.25 bits per heavy atom. The summed E-state index contributed by atoms with van der Waals surface area (Å²) in [4.78, 5) is 15.5. The number of aliphatic hydroxyl groups is 1. The molecule has 1 atom stereocenters. The highest BCUT2D eigenvalue weighted by atomic mass is 16.3. The van der Waals surface area contributed by atoms with Crippen LogP contribution in [0.15, 0.2) is 23.3 Å². The van der Waals surface area contributed by atoms with Gasteiger partial charge in [0.2, 0.25) is 0 Å². The summed E-state index contributed by atoms with van der Waals surface area (Å²) in [6, 6.07) is 1.76. The molecule has 1 aromatic heterocycles. The van der Waals surface area contributed by atoms with Crippen LogP contribution in [0.2, 0.25) is 0 Å². The molecule has 4 nitrogen and oxygen atoms in total. The van der Waals surface area contributed by atoms with Gasteiger partial charge in [-0.1, -0.05) is 0 Å². The van der Waals surface area contributed by atoms with Crippen LogP contribution in [0.1, 0.15) is 38.5 Å². The van der Waals surface area contributed by atoms with Crippen LogP contribution < -0.4 is 5.69 Å². The molecule has 4 fully saturated rings. The lowest BCUT2D eigenvalue weighted by Gasteiger charge is -2.58. The lowest BCUT2D eigenvalue weighted by molar-refractivity contribution is -0.124. The molecule has 1 aromatic rings. The maximum atomic E-state index is 11.7. The van der Waals surface area contributed by atoms with Crippen LogP contribution in [-0.2, 0) is 6.54 Å². The minimum Gasteiger partial charge on any atom is -0.391 e. The highest BCUT2D eigenvalue weighted by molar-refractivity contribution is 5.04. The molecule has 0 amide bonds. The molecule has 0 spiro atoms. The Morgan fingerprint density at radius 3 is 2.40 bits per heavy atom. The topological polar surface area (TPSA) is 55.1 Å². The van der Waals surface area contributed by atoms with Gasteiger partial charge in [0, 0.05) is 12.4 Å². The Hall–Kier alpha value is -1.16. The number of aliphatic hydroxyl groups excluding tert-OH is 1. The zero-order valence-corrected chi connectivity index (χ0v) is 11.7. The minimum atomic E-state index is -0.405. The van der Waals surface area contributed by atoms with Crippen LogP contribution in [0, 0.1) is 23.2 Å². The molecule has 4 bridgehead atoms. The SMILES string of the molecule is O=c1ncccn1CC(O)C12CC3CC(CC(C3)C1)C2. The maximum absolute atomic E-state index is 11.7. The zero-order chi connectivity index (χ0) is 13.7. The van der Waals surface area contributed by atoms with E-state index in [9.17, 15) is 9.90 Å². The van der Waals surface area contributed by atoms with E-state index in [1.807, 2.05) is 0 Å². The molecule has 108 valence electrons. The van der Waals surface area contributed by atoms with Crippen LogP contribution in [0.3, 0.4) is 0 Å². The quantitative estimate of drug-likeness (QED) is 0.914. The van der Waals surface area contributed by atoms with Crippen molar-refractivity contribution in [3.8, 4) is 0 Å². The van der Waals surface area contributed by atoms with Gasteiger partial charge in [-0.3, -0.25) is 4.57 Å². The molecule has 4 saturated carbocycles. The van der Waals surface area contributed by atoms with E-state index in [0.29, 0.717) is 6.54 Å². The Bertz CT molecular complexity index is 530. The third-order valence-corrected chi connectivity index (χ3v) is 5.94. The van der Waals surface area contributed by atoms with Crippen molar-refractivity contribution in [1.29, 1.82) is 0 Å². The van der Waals surface area contributed by atoms with Gasteiger partial charge in [-0.15, -0.1) is 0 Å². The van der Waals surface area contributed by atoms with E-state index in [0.717, 1.165) is 37.0 Å². The van der Waals surface area contributed by atoms with Crippen LogP contribution in [0.25, 0.3) is 0 Å². The Morgan fingerprint density at radius 2 is 1.85 bits per heavy atom. The molecule has 0 aromatic carbocycles. The van der Waals surface area contributed by atoms with Crippen molar-refractivity contribution < 1.29 is 5.11 Å². The zero-order valence-electron chi connectivity index (χ0n) is 11.7. The first kappa shape index (κ1) is 12.6. The van der Waals surface area contributed by atoms with Gasteiger partial charge in [0.15, 0.2) is 0 Å². The monoisotopic (exact) mass is 274 g/mol. The molecule has 0 aliphatic heterocycles. The molecule has 1 N–H and O–H groups in total. The normalized spacial score (nSPS) is 40.0. The largest absolute Gasteiger partial charge is 0.391 e. The highest BCUT2D eigenvalue weighted by Crippen LogP contribution is 2.61. The van der Waals surface area contributed by atoms with E-state index >= 15 is 0 Å². The summed E-state index contributed by atoms with van der Waals surface area (Å²) in [6.45, 7) is 0.402. The van der Waals surface area contributed by atoms with Crippen molar-refractivity contribution >= 4 is 0 Å². The van der Waals surface area contributed by atoms with Crippen LogP contribution in [0.4, 0.5) is 0 Å². The molecule has 4 heteroatoms. The van der Waals surface area contributed by atoms with Crippen LogP contribution >= 0.6 is 0 Å². The van der Waals surface area contributed by atoms with Crippen LogP contribution in [0.5, 0.6) is 0 Å². The van der Waals surface area contributed by atoms with E-state index < -0.39 is 6.10 Å². The van der Waals surface area contributed by atoms with Crippen molar-refractivity contribution in [3.63, 3.8) is 0 Å². The summed E-state index contributed by atoms with van der Waals surface area (Å²) < 4.78 is 1.56. The summed E-state index contributed by atoms with van der Waals surface area (Å²) in [5.41, 5.74) is -0.180. The average molecular weight is 274 g/mol. The molecule has 4 aliphatic rings. The number of rotatable bonds is 3. The first-order valence-electron chi connectivity index (χ1n) is 7.84. The van der Waals surface area contributed by atoms with E-state index in [2.05, 4.69) is 4.98 Å². The molecular weight excluding hydrogens is 252 g/mol. The van der Waals surface area contributed by atoms with Gasteiger partial charge in [0.25, 0.3) is 0 Å². The second-order valence-electron chi connectivity index (χ2n) is 7.35. The third kappa shape index (κ3) is 1.93. The lowest BCUT2D eigenvalue weighted by atomic mass is 9.48. The first-order chi connectivity index (χ1) is 9.64. The van der Waals surface area contributed by atoms with Crippen molar-refractivity contribution in [2.45, 2.75) is 51.2 Å². The predicted molar refractivity (Wildman–Crippen MR) is 75.1 cm³/mol. The van der Waals surface area contributed by atoms with E-state index in [-0.39, 0.29) is 11.1 Å². The predicted octanol–water partition coefficient (Wildman–Crippen LogP) is 1.82. The third-order valence-electron chi connectivity index (χ3n) is 5.94. The van der Waals surface area contributed by atoms with E-state index in [1.165, 1.54) is 25.5 Å².